The van der Waals surface area contributed by atoms with Crippen molar-refractivity contribution in [1.29, 1.82) is 0 Å². The number of nitrogens with two attached hydrogens (primary N) is 1. The van der Waals surface area contributed by atoms with Crippen LogP contribution in [-0.2, 0) is 0 Å². The van der Waals surface area contributed by atoms with Crippen LogP contribution in [0.2, 0.25) is 0 Å². The lowest BCUT2D eigenvalue weighted by atomic mass is 10.2. The van der Waals surface area contributed by atoms with Gasteiger partial charge in [-0.15, -0.1) is 11.8 Å². The second-order valence-corrected chi connectivity index (χ2v) is 3.67. The molecule has 2 aliphatic rings. The first kappa shape index (κ1) is 6.24. The maximum absolute atomic E-state index is 5.65. The number of thioether (sulfide) groups is 1. The topological polar surface area (TPSA) is 50.4 Å². The first-order valence-corrected chi connectivity index (χ1v) is 4.18. The van der Waals surface area contributed by atoms with E-state index in [1.165, 1.54) is 5.70 Å². The molecule has 1 saturated heterocycles. The third kappa shape index (κ3) is 0.932. The summed E-state index contributed by atoms with van der Waals surface area (Å²) in [5.41, 5.74) is 6.95. The molecular formula is C6H9N3S. The minimum absolute atomic E-state index is 0.0675. The highest BCUT2D eigenvalue weighted by Gasteiger charge is 2.27. The Morgan fingerprint density at radius 3 is 3.50 bits per heavy atom. The molecule has 4 heteroatoms. The molecule has 0 saturated carbocycles. The van der Waals surface area contributed by atoms with Crippen LogP contribution in [0.25, 0.3) is 0 Å². The molecule has 0 spiro atoms. The number of nitrogens with zero attached hydrogens (tertiary/aromatic N) is 1. The van der Waals surface area contributed by atoms with Gasteiger partial charge in [0.25, 0.3) is 0 Å². The van der Waals surface area contributed by atoms with Crippen molar-refractivity contribution in [2.24, 2.45) is 10.7 Å². The van der Waals surface area contributed by atoms with Gasteiger partial charge in [-0.25, -0.2) is 0 Å². The highest BCUT2D eigenvalue weighted by atomic mass is 32.2. The van der Waals surface area contributed by atoms with E-state index in [0.717, 1.165) is 6.54 Å². The first-order valence-electron chi connectivity index (χ1n) is 3.24. The van der Waals surface area contributed by atoms with Crippen molar-refractivity contribution in [3.05, 3.63) is 11.8 Å². The van der Waals surface area contributed by atoms with E-state index in [1.54, 1.807) is 11.8 Å². The van der Waals surface area contributed by atoms with Crippen LogP contribution < -0.4 is 11.1 Å². The van der Waals surface area contributed by atoms with Crippen molar-refractivity contribution in [3.63, 3.8) is 0 Å². The quantitative estimate of drug-likeness (QED) is 0.513. The molecule has 0 aromatic heterocycles. The molecule has 3 N–H and O–H groups in total. The molecule has 1 fully saturated rings. The molecule has 0 aromatic rings. The zero-order chi connectivity index (χ0) is 6.97. The number of rotatable bonds is 0. The number of nitrogens with one attached hydrogen (secondary N) is 1. The molecule has 3 nitrogen and oxygen atoms in total. The lowest BCUT2D eigenvalue weighted by Gasteiger charge is -2.08. The maximum atomic E-state index is 5.65. The average molecular weight is 155 g/mol. The minimum Gasteiger partial charge on any atom is -0.364 e. The van der Waals surface area contributed by atoms with Crippen LogP contribution in [0.1, 0.15) is 0 Å². The van der Waals surface area contributed by atoms with Crippen molar-refractivity contribution in [1.82, 2.24) is 5.32 Å². The van der Waals surface area contributed by atoms with Gasteiger partial charge in [0.05, 0.1) is 11.8 Å². The Hall–Kier alpha value is -0.480. The fourth-order valence-electron chi connectivity index (χ4n) is 1.13. The molecule has 10 heavy (non-hydrogen) atoms. The molecule has 0 amide bonds. The second kappa shape index (κ2) is 2.29. The Morgan fingerprint density at radius 1 is 1.80 bits per heavy atom. The highest BCUT2D eigenvalue weighted by Crippen LogP contribution is 2.28. The Kier molecular flexibility index (Phi) is 1.43. The normalized spacial score (nSPS) is 36.7. The molecule has 2 heterocycles. The third-order valence-electron chi connectivity index (χ3n) is 1.60. The smallest absolute Gasteiger partial charge is 0.123 e. The van der Waals surface area contributed by atoms with Gasteiger partial charge < -0.3 is 11.1 Å². The fraction of sp³-hybridized carbons (Fsp3) is 0.500. The van der Waals surface area contributed by atoms with E-state index < -0.39 is 0 Å². The maximum Gasteiger partial charge on any atom is 0.123 e. The predicted octanol–water partition coefficient (Wildman–Crippen LogP) is -0.0980. The molecule has 54 valence electrons. The molecule has 2 rings (SSSR count). The zero-order valence-corrected chi connectivity index (χ0v) is 6.27. The van der Waals surface area contributed by atoms with Gasteiger partial charge in [-0.1, -0.05) is 0 Å². The van der Waals surface area contributed by atoms with E-state index >= 15 is 0 Å². The number of aliphatic imine (C=N–C) groups is 1. The Bertz CT molecular complexity index is 199. The number of hydrogen-bond acceptors (Lipinski definition) is 4. The van der Waals surface area contributed by atoms with Crippen LogP contribution in [0.3, 0.4) is 0 Å². The van der Waals surface area contributed by atoms with Crippen LogP contribution in [0.4, 0.5) is 0 Å². The van der Waals surface area contributed by atoms with Gasteiger partial charge in [-0.05, 0) is 6.08 Å². The Morgan fingerprint density at radius 2 is 2.70 bits per heavy atom. The van der Waals surface area contributed by atoms with E-state index in [-0.39, 0.29) is 5.50 Å². The zero-order valence-electron chi connectivity index (χ0n) is 5.45. The van der Waals surface area contributed by atoms with Crippen LogP contribution in [0.15, 0.2) is 16.8 Å². The largest absolute Gasteiger partial charge is 0.364 e. The van der Waals surface area contributed by atoms with Crippen molar-refractivity contribution >= 4 is 18.0 Å². The van der Waals surface area contributed by atoms with E-state index in [0.29, 0.717) is 5.25 Å². The summed E-state index contributed by atoms with van der Waals surface area (Å²) in [7, 11) is 0. The number of dihydropyridines is 1. The molecule has 2 atom stereocenters. The molecule has 0 radical (unpaired) electrons. The summed E-state index contributed by atoms with van der Waals surface area (Å²) in [6.45, 7) is 0.872. The summed E-state index contributed by atoms with van der Waals surface area (Å²) < 4.78 is 0. The molecule has 2 aliphatic heterocycles. The fourth-order valence-corrected chi connectivity index (χ4v) is 2.15. The number of hydrogen-bond donors (Lipinski definition) is 2. The van der Waals surface area contributed by atoms with Crippen molar-refractivity contribution < 1.29 is 0 Å². The first-order chi connectivity index (χ1) is 4.86. The summed E-state index contributed by atoms with van der Waals surface area (Å²) in [6.07, 6.45) is 3.82. The van der Waals surface area contributed by atoms with Crippen molar-refractivity contribution in [2.45, 2.75) is 10.7 Å². The van der Waals surface area contributed by atoms with Gasteiger partial charge in [0, 0.05) is 11.9 Å². The van der Waals surface area contributed by atoms with Crippen LogP contribution in [0, 0.1) is 0 Å². The summed E-state index contributed by atoms with van der Waals surface area (Å²) in [5.74, 6) is 0. The molecular weight excluding hydrogens is 146 g/mol. The molecule has 0 bridgehead atoms. The summed E-state index contributed by atoms with van der Waals surface area (Å²) in [6, 6.07) is 0. The van der Waals surface area contributed by atoms with Crippen molar-refractivity contribution in [3.8, 4) is 0 Å². The van der Waals surface area contributed by atoms with Crippen LogP contribution in [-0.4, -0.2) is 23.5 Å². The van der Waals surface area contributed by atoms with Gasteiger partial charge in [-0.3, -0.25) is 4.99 Å². The van der Waals surface area contributed by atoms with E-state index in [2.05, 4.69) is 10.3 Å². The van der Waals surface area contributed by atoms with Gasteiger partial charge in [0.15, 0.2) is 0 Å². The highest BCUT2D eigenvalue weighted by molar-refractivity contribution is 8.00. The van der Waals surface area contributed by atoms with Gasteiger partial charge >= 0.3 is 0 Å². The number of allylic oxidation sites excluding steroid dienone is 1. The number of fused-ring (bicyclic) bond motifs is 1. The van der Waals surface area contributed by atoms with E-state index in [4.69, 9.17) is 5.73 Å². The summed E-state index contributed by atoms with van der Waals surface area (Å²) in [4.78, 5) is 4.14. The summed E-state index contributed by atoms with van der Waals surface area (Å²) in [5, 5.41) is 3.65. The Labute approximate surface area is 63.8 Å². The summed E-state index contributed by atoms with van der Waals surface area (Å²) >= 11 is 1.73. The average Bonchev–Trinajstić information content (AvgIpc) is 2.27. The minimum atomic E-state index is 0.0675. The lowest BCUT2D eigenvalue weighted by Crippen LogP contribution is -2.27. The molecule has 2 unspecified atom stereocenters. The second-order valence-electron chi connectivity index (χ2n) is 2.33. The van der Waals surface area contributed by atoms with Gasteiger partial charge in [0.2, 0.25) is 0 Å². The van der Waals surface area contributed by atoms with Crippen LogP contribution in [0.5, 0.6) is 0 Å². The van der Waals surface area contributed by atoms with E-state index in [1.807, 2.05) is 12.3 Å². The third-order valence-corrected chi connectivity index (χ3v) is 2.74. The van der Waals surface area contributed by atoms with Gasteiger partial charge in [-0.2, -0.15) is 0 Å². The monoisotopic (exact) mass is 155 g/mol. The predicted molar refractivity (Wildman–Crippen MR) is 43.9 cm³/mol. The van der Waals surface area contributed by atoms with Gasteiger partial charge in [0.1, 0.15) is 5.50 Å². The molecule has 0 aromatic carbocycles. The van der Waals surface area contributed by atoms with Crippen LogP contribution >= 0.6 is 11.8 Å². The Balaban J connectivity index is 2.18. The van der Waals surface area contributed by atoms with Crippen molar-refractivity contribution in [2.75, 3.05) is 6.54 Å². The lowest BCUT2D eigenvalue weighted by molar-refractivity contribution is 0.777. The SMILES string of the molecule is NC1NC2=CC=NCC2S1. The molecule has 0 aliphatic carbocycles. The van der Waals surface area contributed by atoms with E-state index in [9.17, 15) is 0 Å². The standard InChI is InChI=1S/C6H9N3S/c7-6-9-4-1-2-8-3-5(4)10-6/h1-2,5-6,9H,3,7H2.